The minimum atomic E-state index is 0.530. The van der Waals surface area contributed by atoms with Crippen LogP contribution in [0, 0.1) is 6.92 Å². The molecule has 0 spiro atoms. The zero-order chi connectivity index (χ0) is 12.7. The van der Waals surface area contributed by atoms with Crippen LogP contribution in [-0.4, -0.2) is 39.9 Å². The molecule has 0 aromatic carbocycles. The van der Waals surface area contributed by atoms with Crippen molar-refractivity contribution in [1.82, 2.24) is 14.7 Å². The van der Waals surface area contributed by atoms with Crippen LogP contribution in [0.5, 0.6) is 0 Å². The molecule has 0 saturated carbocycles. The molecule has 0 bridgehead atoms. The fourth-order valence-electron chi connectivity index (χ4n) is 3.44. The summed E-state index contributed by atoms with van der Waals surface area (Å²) in [6.45, 7) is 4.45. The summed E-state index contributed by atoms with van der Waals surface area (Å²) >= 11 is 0. The first-order chi connectivity index (χ1) is 8.66. The second-order valence-electron chi connectivity index (χ2n) is 5.61. The summed E-state index contributed by atoms with van der Waals surface area (Å²) < 4.78 is 1.87. The van der Waals surface area contributed by atoms with Crippen molar-refractivity contribution >= 4 is 11.5 Å². The van der Waals surface area contributed by atoms with Gasteiger partial charge in [-0.15, -0.1) is 0 Å². The van der Waals surface area contributed by atoms with Gasteiger partial charge in [-0.1, -0.05) is 6.42 Å². The van der Waals surface area contributed by atoms with Crippen molar-refractivity contribution in [3.8, 4) is 0 Å². The highest BCUT2D eigenvalue weighted by Gasteiger charge is 2.36. The number of fused-ring (bicyclic) bond motifs is 1. The van der Waals surface area contributed by atoms with Gasteiger partial charge in [0.1, 0.15) is 5.82 Å². The number of hydrogen-bond acceptors (Lipinski definition) is 4. The molecule has 2 saturated heterocycles. The highest BCUT2D eigenvalue weighted by Crippen LogP contribution is 2.31. The Balaban J connectivity index is 1.76. The third kappa shape index (κ3) is 1.86. The monoisotopic (exact) mass is 249 g/mol. The highest BCUT2D eigenvalue weighted by molar-refractivity contribution is 5.65. The Bertz CT molecular complexity index is 439. The van der Waals surface area contributed by atoms with E-state index in [1.165, 1.54) is 38.8 Å². The summed E-state index contributed by atoms with van der Waals surface area (Å²) in [6.07, 6.45) is 5.25. The Kier molecular flexibility index (Phi) is 2.93. The molecule has 100 valence electrons. The Labute approximate surface area is 108 Å². The predicted octanol–water partition coefficient (Wildman–Crippen LogP) is 1.35. The molecule has 2 aliphatic rings. The lowest BCUT2D eigenvalue weighted by molar-refractivity contribution is 0.192. The largest absolute Gasteiger partial charge is 0.394 e. The Morgan fingerprint density at radius 2 is 2.11 bits per heavy atom. The van der Waals surface area contributed by atoms with Crippen molar-refractivity contribution in [3.05, 3.63) is 5.69 Å². The van der Waals surface area contributed by atoms with Crippen LogP contribution in [0.1, 0.15) is 31.4 Å². The minimum absolute atomic E-state index is 0.530. The quantitative estimate of drug-likeness (QED) is 0.830. The molecule has 1 aromatic heterocycles. The summed E-state index contributed by atoms with van der Waals surface area (Å²) in [5, 5.41) is 8.00. The summed E-state index contributed by atoms with van der Waals surface area (Å²) in [4.78, 5) is 2.63. The van der Waals surface area contributed by atoms with Gasteiger partial charge in [-0.2, -0.15) is 5.10 Å². The first-order valence-corrected chi connectivity index (χ1v) is 6.96. The van der Waals surface area contributed by atoms with Gasteiger partial charge in [0.2, 0.25) is 0 Å². The lowest BCUT2D eigenvalue weighted by Gasteiger charge is -2.32. The number of hydrogen-bond donors (Lipinski definition) is 2. The van der Waals surface area contributed by atoms with E-state index in [0.717, 1.165) is 17.2 Å². The summed E-state index contributed by atoms with van der Waals surface area (Å²) in [6, 6.07) is 1.22. The van der Waals surface area contributed by atoms with Gasteiger partial charge in [-0.05, 0) is 32.7 Å². The number of aryl methyl sites for hydroxylation is 2. The molecule has 3 rings (SSSR count). The molecule has 1 aromatic rings. The lowest BCUT2D eigenvalue weighted by atomic mass is 9.99. The van der Waals surface area contributed by atoms with E-state index in [2.05, 4.69) is 15.3 Å². The molecule has 2 fully saturated rings. The number of nitrogens with zero attached hydrogens (tertiary/aromatic N) is 3. The van der Waals surface area contributed by atoms with Crippen LogP contribution in [0.3, 0.4) is 0 Å². The standard InChI is InChI=1S/C13H23N5/c1-9-12(14)13(17(2)16-9)15-10-6-8-18-7-4-3-5-11(10)18/h10-11,15H,3-8,14H2,1-2H3. The number of rotatable bonds is 2. The highest BCUT2D eigenvalue weighted by atomic mass is 15.3. The molecule has 0 aliphatic carbocycles. The average molecular weight is 249 g/mol. The molecule has 3 heterocycles. The van der Waals surface area contributed by atoms with Crippen molar-refractivity contribution in [2.75, 3.05) is 24.1 Å². The fraction of sp³-hybridized carbons (Fsp3) is 0.769. The van der Waals surface area contributed by atoms with Gasteiger partial charge >= 0.3 is 0 Å². The van der Waals surface area contributed by atoms with Crippen LogP contribution >= 0.6 is 0 Å². The number of nitrogens with two attached hydrogens (primary N) is 1. The smallest absolute Gasteiger partial charge is 0.148 e. The maximum atomic E-state index is 6.09. The fourth-order valence-corrected chi connectivity index (χ4v) is 3.44. The summed E-state index contributed by atoms with van der Waals surface area (Å²) in [5.41, 5.74) is 7.80. The van der Waals surface area contributed by atoms with Gasteiger partial charge in [-0.3, -0.25) is 9.58 Å². The minimum Gasteiger partial charge on any atom is -0.394 e. The van der Waals surface area contributed by atoms with Crippen LogP contribution in [0.4, 0.5) is 11.5 Å². The summed E-state index contributed by atoms with van der Waals surface area (Å²) in [7, 11) is 1.96. The molecule has 0 amide bonds. The molecule has 0 radical (unpaired) electrons. The second kappa shape index (κ2) is 4.46. The zero-order valence-electron chi connectivity index (χ0n) is 11.3. The van der Waals surface area contributed by atoms with Gasteiger partial charge in [0.25, 0.3) is 0 Å². The van der Waals surface area contributed by atoms with Crippen LogP contribution in [-0.2, 0) is 7.05 Å². The van der Waals surface area contributed by atoms with Crippen molar-refractivity contribution in [2.45, 2.75) is 44.7 Å². The van der Waals surface area contributed by atoms with Crippen LogP contribution < -0.4 is 11.1 Å². The van der Waals surface area contributed by atoms with E-state index < -0.39 is 0 Å². The van der Waals surface area contributed by atoms with Gasteiger partial charge in [0, 0.05) is 25.7 Å². The van der Waals surface area contributed by atoms with E-state index in [1.54, 1.807) is 0 Å². The average Bonchev–Trinajstić information content (AvgIpc) is 2.87. The van der Waals surface area contributed by atoms with Gasteiger partial charge in [-0.25, -0.2) is 0 Å². The maximum absolute atomic E-state index is 6.09. The number of anilines is 2. The third-order valence-corrected chi connectivity index (χ3v) is 4.45. The lowest BCUT2D eigenvalue weighted by Crippen LogP contribution is -2.42. The first-order valence-electron chi connectivity index (χ1n) is 6.96. The van der Waals surface area contributed by atoms with Crippen LogP contribution in [0.25, 0.3) is 0 Å². The predicted molar refractivity (Wildman–Crippen MR) is 73.6 cm³/mol. The Morgan fingerprint density at radius 1 is 1.28 bits per heavy atom. The van der Waals surface area contributed by atoms with Gasteiger partial charge in [0.05, 0.1) is 11.4 Å². The number of nitrogen functional groups attached to an aromatic ring is 1. The molecule has 3 N–H and O–H groups in total. The van der Waals surface area contributed by atoms with Gasteiger partial charge < -0.3 is 11.1 Å². The van der Waals surface area contributed by atoms with E-state index in [1.807, 2.05) is 18.7 Å². The van der Waals surface area contributed by atoms with E-state index >= 15 is 0 Å². The van der Waals surface area contributed by atoms with Crippen LogP contribution in [0.2, 0.25) is 0 Å². The number of nitrogens with one attached hydrogen (secondary N) is 1. The topological polar surface area (TPSA) is 59.1 Å². The molecular formula is C13H23N5. The maximum Gasteiger partial charge on any atom is 0.148 e. The SMILES string of the molecule is Cc1nn(C)c(NC2CCN3CCCCC23)c1N. The van der Waals surface area contributed by atoms with E-state index in [0.29, 0.717) is 12.1 Å². The Hall–Kier alpha value is -1.23. The first kappa shape index (κ1) is 11.8. The second-order valence-corrected chi connectivity index (χ2v) is 5.61. The van der Waals surface area contributed by atoms with E-state index in [9.17, 15) is 0 Å². The van der Waals surface area contributed by atoms with Crippen molar-refractivity contribution in [1.29, 1.82) is 0 Å². The molecular weight excluding hydrogens is 226 g/mol. The van der Waals surface area contributed by atoms with Crippen molar-refractivity contribution in [2.24, 2.45) is 7.05 Å². The van der Waals surface area contributed by atoms with Crippen molar-refractivity contribution in [3.63, 3.8) is 0 Å². The molecule has 18 heavy (non-hydrogen) atoms. The van der Waals surface area contributed by atoms with E-state index in [-0.39, 0.29) is 0 Å². The molecule has 2 aliphatic heterocycles. The zero-order valence-corrected chi connectivity index (χ0v) is 11.3. The molecule has 2 atom stereocenters. The molecule has 2 unspecified atom stereocenters. The number of piperidine rings is 1. The third-order valence-electron chi connectivity index (χ3n) is 4.45. The van der Waals surface area contributed by atoms with Crippen LogP contribution in [0.15, 0.2) is 0 Å². The molecule has 5 heteroatoms. The summed E-state index contributed by atoms with van der Waals surface area (Å²) in [5.74, 6) is 0.991. The molecule has 5 nitrogen and oxygen atoms in total. The number of aromatic nitrogens is 2. The normalized spacial score (nSPS) is 28.3. The Morgan fingerprint density at radius 3 is 2.83 bits per heavy atom. The van der Waals surface area contributed by atoms with E-state index in [4.69, 9.17) is 5.73 Å². The van der Waals surface area contributed by atoms with Crippen molar-refractivity contribution < 1.29 is 0 Å². The van der Waals surface area contributed by atoms with Gasteiger partial charge in [0.15, 0.2) is 0 Å².